The highest BCUT2D eigenvalue weighted by atomic mass is 16.5. The van der Waals surface area contributed by atoms with Crippen LogP contribution in [0, 0.1) is 22.7 Å². The second-order valence-electron chi connectivity index (χ2n) is 9.24. The first-order chi connectivity index (χ1) is 13.3. The average Bonchev–Trinajstić information content (AvgIpc) is 3.15. The summed E-state index contributed by atoms with van der Waals surface area (Å²) in [7, 11) is 1.58. The number of fused-ring (bicyclic) bond motifs is 1. The van der Waals surface area contributed by atoms with Gasteiger partial charge in [-0.3, -0.25) is 4.79 Å². The lowest BCUT2D eigenvalue weighted by Gasteiger charge is -2.53. The fourth-order valence-corrected chi connectivity index (χ4v) is 6.32. The number of aliphatic hydroxyl groups is 1. The van der Waals surface area contributed by atoms with E-state index in [1.54, 1.807) is 13.2 Å². The number of benzene rings is 1. The van der Waals surface area contributed by atoms with Crippen LogP contribution < -0.4 is 10.1 Å². The monoisotopic (exact) mass is 389 g/mol. The van der Waals surface area contributed by atoms with Gasteiger partial charge in [0, 0.05) is 30.7 Å². The molecule has 1 aromatic rings. The predicted molar refractivity (Wildman–Crippen MR) is 104 cm³/mol. The largest absolute Gasteiger partial charge is 0.507 e. The number of hydrogen-bond acceptors (Lipinski definition) is 5. The number of aromatic hydroxyl groups is 1. The maximum atomic E-state index is 12.4. The predicted octanol–water partition coefficient (Wildman–Crippen LogP) is 2.78. The minimum Gasteiger partial charge on any atom is -0.507 e. The first-order valence-electron chi connectivity index (χ1n) is 10.2. The number of aliphatic hydroxyl groups excluding tert-OH is 1. The molecule has 2 bridgehead atoms. The number of phenols is 1. The number of carbonyl (C=O) groups is 1. The SMILES string of the molecule is COc1ccc([C@H]2OCCC34C[C@@H](C[C@H]23)C(C)(C)[C@@H]4NC(=O)CCO)c(O)c1. The lowest BCUT2D eigenvalue weighted by atomic mass is 9.58. The van der Waals surface area contributed by atoms with Crippen LogP contribution in [0.1, 0.15) is 51.2 Å². The van der Waals surface area contributed by atoms with Gasteiger partial charge in [-0.1, -0.05) is 13.8 Å². The molecule has 0 radical (unpaired) electrons. The smallest absolute Gasteiger partial charge is 0.222 e. The molecule has 2 saturated carbocycles. The molecule has 3 aliphatic rings. The van der Waals surface area contributed by atoms with Crippen molar-refractivity contribution < 1.29 is 24.5 Å². The third-order valence-corrected chi connectivity index (χ3v) is 7.69. The fraction of sp³-hybridized carbons (Fsp3) is 0.682. The minimum absolute atomic E-state index is 0.00542. The van der Waals surface area contributed by atoms with E-state index in [0.717, 1.165) is 24.8 Å². The number of nitrogens with one attached hydrogen (secondary N) is 1. The van der Waals surface area contributed by atoms with E-state index >= 15 is 0 Å². The van der Waals surface area contributed by atoms with Crippen LogP contribution in [-0.2, 0) is 9.53 Å². The first-order valence-corrected chi connectivity index (χ1v) is 10.2. The van der Waals surface area contributed by atoms with Gasteiger partial charge in [-0.05, 0) is 54.1 Å². The van der Waals surface area contributed by atoms with Gasteiger partial charge < -0.3 is 25.0 Å². The number of rotatable bonds is 5. The van der Waals surface area contributed by atoms with E-state index in [2.05, 4.69) is 19.2 Å². The van der Waals surface area contributed by atoms with Gasteiger partial charge in [-0.25, -0.2) is 0 Å². The summed E-state index contributed by atoms with van der Waals surface area (Å²) in [5, 5.41) is 23.0. The minimum atomic E-state index is -0.182. The highest BCUT2D eigenvalue weighted by Crippen LogP contribution is 2.70. The van der Waals surface area contributed by atoms with Crippen molar-refractivity contribution in [2.45, 2.75) is 51.7 Å². The summed E-state index contributed by atoms with van der Waals surface area (Å²) in [6.45, 7) is 4.98. The molecule has 1 amide bonds. The lowest BCUT2D eigenvalue weighted by Crippen LogP contribution is -2.59. The summed E-state index contributed by atoms with van der Waals surface area (Å²) in [6.07, 6.45) is 2.98. The molecule has 1 heterocycles. The second kappa shape index (κ2) is 6.92. The second-order valence-corrected chi connectivity index (χ2v) is 9.24. The molecule has 28 heavy (non-hydrogen) atoms. The van der Waals surface area contributed by atoms with Crippen LogP contribution in [0.2, 0.25) is 0 Å². The summed E-state index contributed by atoms with van der Waals surface area (Å²) >= 11 is 0. The average molecular weight is 389 g/mol. The van der Waals surface area contributed by atoms with E-state index in [1.807, 2.05) is 12.1 Å². The highest BCUT2D eigenvalue weighted by molar-refractivity contribution is 5.76. The topological polar surface area (TPSA) is 88.0 Å². The Morgan fingerprint density at radius 2 is 2.18 bits per heavy atom. The Bertz CT molecular complexity index is 763. The van der Waals surface area contributed by atoms with E-state index in [0.29, 0.717) is 18.3 Å². The van der Waals surface area contributed by atoms with Gasteiger partial charge in [0.2, 0.25) is 5.91 Å². The molecule has 1 aromatic carbocycles. The zero-order chi connectivity index (χ0) is 20.1. The van der Waals surface area contributed by atoms with Crippen LogP contribution in [0.15, 0.2) is 18.2 Å². The Morgan fingerprint density at radius 3 is 2.86 bits per heavy atom. The normalized spacial score (nSPS) is 35.4. The Morgan fingerprint density at radius 1 is 1.39 bits per heavy atom. The first kappa shape index (κ1) is 19.5. The van der Waals surface area contributed by atoms with E-state index in [4.69, 9.17) is 14.6 Å². The Kier molecular flexibility index (Phi) is 4.82. The van der Waals surface area contributed by atoms with Crippen LogP contribution in [0.4, 0.5) is 0 Å². The zero-order valence-electron chi connectivity index (χ0n) is 16.9. The van der Waals surface area contributed by atoms with Crippen LogP contribution in [0.25, 0.3) is 0 Å². The Hall–Kier alpha value is -1.79. The Balaban J connectivity index is 1.67. The van der Waals surface area contributed by atoms with Crippen molar-refractivity contribution in [1.82, 2.24) is 5.32 Å². The molecular formula is C22H31NO5. The summed E-state index contributed by atoms with van der Waals surface area (Å²) in [5.74, 6) is 1.48. The zero-order valence-corrected chi connectivity index (χ0v) is 16.9. The molecule has 6 nitrogen and oxygen atoms in total. The van der Waals surface area contributed by atoms with Crippen molar-refractivity contribution in [1.29, 1.82) is 0 Å². The van der Waals surface area contributed by atoms with Crippen LogP contribution in [0.3, 0.4) is 0 Å². The van der Waals surface area contributed by atoms with Crippen molar-refractivity contribution in [2.75, 3.05) is 20.3 Å². The number of amides is 1. The van der Waals surface area contributed by atoms with Crippen molar-refractivity contribution in [3.63, 3.8) is 0 Å². The number of methoxy groups -OCH3 is 1. The fourth-order valence-electron chi connectivity index (χ4n) is 6.32. The summed E-state index contributed by atoms with van der Waals surface area (Å²) in [4.78, 5) is 12.4. The van der Waals surface area contributed by atoms with E-state index in [1.165, 1.54) is 0 Å². The van der Waals surface area contributed by atoms with Gasteiger partial charge in [0.25, 0.3) is 0 Å². The third-order valence-electron chi connectivity index (χ3n) is 7.69. The molecular weight excluding hydrogens is 358 g/mol. The van der Waals surface area contributed by atoms with E-state index in [9.17, 15) is 9.90 Å². The molecule has 6 heteroatoms. The molecule has 2 aliphatic carbocycles. The van der Waals surface area contributed by atoms with Gasteiger partial charge in [-0.2, -0.15) is 0 Å². The van der Waals surface area contributed by atoms with Crippen LogP contribution in [-0.4, -0.2) is 42.5 Å². The van der Waals surface area contributed by atoms with Crippen LogP contribution in [0.5, 0.6) is 11.5 Å². The van der Waals surface area contributed by atoms with Crippen LogP contribution >= 0.6 is 0 Å². The maximum absolute atomic E-state index is 12.4. The number of carbonyl (C=O) groups excluding carboxylic acids is 1. The van der Waals surface area contributed by atoms with Gasteiger partial charge in [0.15, 0.2) is 0 Å². The molecule has 3 fully saturated rings. The summed E-state index contributed by atoms with van der Waals surface area (Å²) in [5.41, 5.74) is 0.774. The van der Waals surface area contributed by atoms with Gasteiger partial charge in [0.05, 0.1) is 19.8 Å². The molecule has 0 aromatic heterocycles. The number of ether oxygens (including phenoxy) is 2. The number of hydrogen-bond donors (Lipinski definition) is 3. The molecule has 1 aliphatic heterocycles. The Labute approximate surface area is 166 Å². The molecule has 1 spiro atoms. The summed E-state index contributed by atoms with van der Waals surface area (Å²) < 4.78 is 11.4. The standard InChI is InChI=1S/C22H31NO5/c1-21(2)13-10-16-19(15-5-4-14(27-3)11-17(15)25)28-9-7-22(16,12-13)20(21)23-18(26)6-8-24/h4-5,11,13,16,19-20,24-25H,6-10,12H2,1-3H3,(H,23,26)/t13-,16-,19-,20+,22?/m1/s1. The quantitative estimate of drug-likeness (QED) is 0.721. The van der Waals surface area contributed by atoms with Crippen molar-refractivity contribution in [2.24, 2.45) is 22.7 Å². The summed E-state index contributed by atoms with van der Waals surface area (Å²) in [6, 6.07) is 5.44. The van der Waals surface area contributed by atoms with Gasteiger partial charge in [-0.15, -0.1) is 0 Å². The highest BCUT2D eigenvalue weighted by Gasteiger charge is 2.68. The molecule has 1 saturated heterocycles. The van der Waals surface area contributed by atoms with Gasteiger partial charge in [0.1, 0.15) is 11.5 Å². The molecule has 1 unspecified atom stereocenters. The molecule has 4 rings (SSSR count). The van der Waals surface area contributed by atoms with Crippen molar-refractivity contribution in [3.05, 3.63) is 23.8 Å². The third kappa shape index (κ3) is 2.80. The van der Waals surface area contributed by atoms with E-state index < -0.39 is 0 Å². The molecule has 5 atom stereocenters. The van der Waals surface area contributed by atoms with Gasteiger partial charge >= 0.3 is 0 Å². The maximum Gasteiger partial charge on any atom is 0.222 e. The van der Waals surface area contributed by atoms with Crippen molar-refractivity contribution >= 4 is 5.91 Å². The molecule has 3 N–H and O–H groups in total. The lowest BCUT2D eigenvalue weighted by molar-refractivity contribution is -0.138. The molecule has 154 valence electrons. The van der Waals surface area contributed by atoms with E-state index in [-0.39, 0.29) is 53.6 Å². The number of phenolic OH excluding ortho intramolecular Hbond substituents is 1. The van der Waals surface area contributed by atoms with Crippen molar-refractivity contribution in [3.8, 4) is 11.5 Å².